The predicted octanol–water partition coefficient (Wildman–Crippen LogP) is 0.635. The molecule has 0 aromatic carbocycles. The summed E-state index contributed by atoms with van der Waals surface area (Å²) in [5, 5.41) is 0. The van der Waals surface area contributed by atoms with Gasteiger partial charge in [-0.25, -0.2) is 0 Å². The molecule has 0 N–H and O–H groups in total. The smallest absolute Gasteiger partial charge is 0.218 e. The molecule has 1 rings (SSSR count). The largest absolute Gasteiger partial charge is 0.288 e. The first-order chi connectivity index (χ1) is 3.83. The Morgan fingerprint density at radius 1 is 1.88 bits per heavy atom. The molecular weight excluding hydrogens is 102 g/mol. The molecule has 0 unspecified atom stereocenters. The van der Waals surface area contributed by atoms with E-state index < -0.39 is 0 Å². The van der Waals surface area contributed by atoms with Crippen LogP contribution < -0.4 is 0 Å². The zero-order valence-electron chi connectivity index (χ0n) is 4.59. The molecule has 0 saturated heterocycles. The summed E-state index contributed by atoms with van der Waals surface area (Å²) in [6.45, 7) is 1.89. The minimum absolute atomic E-state index is 0.715. The number of nitrogens with zero attached hydrogens (tertiary/aromatic N) is 1. The summed E-state index contributed by atoms with van der Waals surface area (Å²) in [5.74, 6) is 0. The number of aromatic nitrogens is 1. The topological polar surface area (TPSA) is 22.0 Å². The van der Waals surface area contributed by atoms with Crippen LogP contribution in [0.3, 0.4) is 0 Å². The number of hydrogen-bond acceptors (Lipinski definition) is 1. The summed E-state index contributed by atoms with van der Waals surface area (Å²) < 4.78 is 1.36. The Balaban J connectivity index is 3.00. The van der Waals surface area contributed by atoms with Gasteiger partial charge in [0.25, 0.3) is 0 Å². The maximum Gasteiger partial charge on any atom is 0.218 e. The van der Waals surface area contributed by atoms with E-state index in [9.17, 15) is 4.79 Å². The van der Waals surface area contributed by atoms with Crippen LogP contribution in [0.25, 0.3) is 0 Å². The monoisotopic (exact) mass is 108 g/mol. The van der Waals surface area contributed by atoms with Crippen molar-refractivity contribution in [2.75, 3.05) is 0 Å². The third-order valence-corrected chi connectivity index (χ3v) is 0.904. The number of rotatable bonds is 1. The second-order valence-electron chi connectivity index (χ2n) is 1.62. The molecule has 1 aromatic rings. The van der Waals surface area contributed by atoms with E-state index in [0.29, 0.717) is 6.41 Å². The van der Waals surface area contributed by atoms with Crippen molar-refractivity contribution in [2.24, 2.45) is 0 Å². The van der Waals surface area contributed by atoms with Crippen molar-refractivity contribution in [3.8, 4) is 0 Å². The Morgan fingerprint density at radius 2 is 2.62 bits per heavy atom. The SMILES string of the molecule is Cc1[c]n(C=O)cc1. The highest BCUT2D eigenvalue weighted by Gasteiger charge is 1.86. The van der Waals surface area contributed by atoms with Crippen molar-refractivity contribution in [1.29, 1.82) is 0 Å². The van der Waals surface area contributed by atoms with E-state index in [2.05, 4.69) is 6.20 Å². The van der Waals surface area contributed by atoms with Crippen molar-refractivity contribution in [3.63, 3.8) is 0 Å². The third-order valence-electron chi connectivity index (χ3n) is 0.904. The molecule has 1 aromatic heterocycles. The fourth-order valence-electron chi connectivity index (χ4n) is 0.532. The highest BCUT2D eigenvalue weighted by Crippen LogP contribution is 1.92. The van der Waals surface area contributed by atoms with E-state index in [0.717, 1.165) is 5.56 Å². The summed E-state index contributed by atoms with van der Waals surface area (Å²) in [6.07, 6.45) is 5.16. The van der Waals surface area contributed by atoms with Crippen molar-refractivity contribution >= 4 is 6.41 Å². The van der Waals surface area contributed by atoms with Crippen LogP contribution in [0.15, 0.2) is 12.3 Å². The van der Waals surface area contributed by atoms with Crippen molar-refractivity contribution < 1.29 is 4.79 Å². The average Bonchev–Trinajstić information content (AvgIpc) is 2.14. The van der Waals surface area contributed by atoms with Crippen LogP contribution >= 0.6 is 0 Å². The lowest BCUT2D eigenvalue weighted by Gasteiger charge is -1.78. The lowest BCUT2D eigenvalue weighted by molar-refractivity contribution is 0.547. The van der Waals surface area contributed by atoms with Gasteiger partial charge in [-0.05, 0) is 18.6 Å². The second kappa shape index (κ2) is 1.82. The van der Waals surface area contributed by atoms with Gasteiger partial charge in [0.05, 0.1) is 6.20 Å². The Morgan fingerprint density at radius 3 is 2.88 bits per heavy atom. The van der Waals surface area contributed by atoms with Gasteiger partial charge in [0.1, 0.15) is 0 Å². The van der Waals surface area contributed by atoms with E-state index in [1.807, 2.05) is 13.0 Å². The van der Waals surface area contributed by atoms with Gasteiger partial charge >= 0.3 is 0 Å². The van der Waals surface area contributed by atoms with Gasteiger partial charge in [0.15, 0.2) is 0 Å². The van der Waals surface area contributed by atoms with Gasteiger partial charge < -0.3 is 0 Å². The minimum Gasteiger partial charge on any atom is -0.288 e. The molecule has 0 aliphatic rings. The highest BCUT2D eigenvalue weighted by molar-refractivity contribution is 5.52. The van der Waals surface area contributed by atoms with E-state index in [-0.39, 0.29) is 0 Å². The molecule has 0 fully saturated rings. The first-order valence-electron chi connectivity index (χ1n) is 2.35. The minimum atomic E-state index is 0.715. The average molecular weight is 108 g/mol. The normalized spacial score (nSPS) is 9.12. The molecule has 0 saturated carbocycles. The first kappa shape index (κ1) is 5.09. The van der Waals surface area contributed by atoms with Gasteiger partial charge in [-0.2, -0.15) is 0 Å². The molecule has 2 heteroatoms. The van der Waals surface area contributed by atoms with Crippen LogP contribution in [-0.4, -0.2) is 11.0 Å². The Labute approximate surface area is 47.7 Å². The summed E-state index contributed by atoms with van der Waals surface area (Å²) >= 11 is 0. The molecule has 8 heavy (non-hydrogen) atoms. The molecule has 0 aliphatic heterocycles. The summed E-state index contributed by atoms with van der Waals surface area (Å²) in [7, 11) is 0. The van der Waals surface area contributed by atoms with E-state index >= 15 is 0 Å². The molecule has 1 radical (unpaired) electrons. The van der Waals surface area contributed by atoms with Crippen molar-refractivity contribution in [3.05, 3.63) is 24.0 Å². The Bertz CT molecular complexity index is 190. The van der Waals surface area contributed by atoms with Gasteiger partial charge in [-0.3, -0.25) is 9.36 Å². The first-order valence-corrected chi connectivity index (χ1v) is 2.35. The Hall–Kier alpha value is -1.05. The highest BCUT2D eigenvalue weighted by atomic mass is 16.1. The van der Waals surface area contributed by atoms with Crippen LogP contribution in [0.2, 0.25) is 0 Å². The van der Waals surface area contributed by atoms with E-state index in [1.165, 1.54) is 4.57 Å². The van der Waals surface area contributed by atoms with Crippen LogP contribution in [0, 0.1) is 13.1 Å². The molecule has 0 bridgehead atoms. The maximum atomic E-state index is 9.95. The quantitative estimate of drug-likeness (QED) is 0.484. The van der Waals surface area contributed by atoms with Gasteiger partial charge in [-0.15, -0.1) is 0 Å². The Kier molecular flexibility index (Phi) is 1.16. The molecule has 0 spiro atoms. The van der Waals surface area contributed by atoms with Crippen LogP contribution in [-0.2, 0) is 4.79 Å². The van der Waals surface area contributed by atoms with E-state index in [4.69, 9.17) is 0 Å². The maximum absolute atomic E-state index is 9.95. The van der Waals surface area contributed by atoms with Crippen LogP contribution in [0.5, 0.6) is 0 Å². The number of hydrogen-bond donors (Lipinski definition) is 0. The van der Waals surface area contributed by atoms with Crippen LogP contribution in [0.4, 0.5) is 0 Å². The second-order valence-corrected chi connectivity index (χ2v) is 1.62. The number of aryl methyl sites for hydroxylation is 1. The molecule has 41 valence electrons. The summed E-state index contributed by atoms with van der Waals surface area (Å²) in [4.78, 5) is 9.95. The molecule has 0 atom stereocenters. The molecule has 1 heterocycles. The standard InChI is InChI=1S/C6H6NO/c1-6-2-3-7(4-6)5-8/h2-3,5H,1H3. The third kappa shape index (κ3) is 0.780. The summed E-state index contributed by atoms with van der Waals surface area (Å²) in [6, 6.07) is 1.83. The van der Waals surface area contributed by atoms with Crippen molar-refractivity contribution in [1.82, 2.24) is 4.57 Å². The summed E-state index contributed by atoms with van der Waals surface area (Å²) in [5.41, 5.74) is 0.983. The number of carbonyl (C=O) groups excluding carboxylic acids is 1. The van der Waals surface area contributed by atoms with Crippen molar-refractivity contribution in [2.45, 2.75) is 6.92 Å². The molecule has 0 aliphatic carbocycles. The zero-order chi connectivity index (χ0) is 5.98. The zero-order valence-corrected chi connectivity index (χ0v) is 4.59. The predicted molar refractivity (Wildman–Crippen MR) is 30.2 cm³/mol. The molecular formula is C6H6NO. The molecule has 0 amide bonds. The lowest BCUT2D eigenvalue weighted by atomic mass is 10.4. The lowest BCUT2D eigenvalue weighted by Crippen LogP contribution is -1.87. The van der Waals surface area contributed by atoms with Gasteiger partial charge in [0.2, 0.25) is 6.41 Å². The van der Waals surface area contributed by atoms with Gasteiger partial charge in [-0.1, -0.05) is 0 Å². The van der Waals surface area contributed by atoms with E-state index in [1.54, 1.807) is 6.20 Å². The fourth-order valence-corrected chi connectivity index (χ4v) is 0.532. The fraction of sp³-hybridized carbons (Fsp3) is 0.167. The number of carbonyl (C=O) groups is 1. The van der Waals surface area contributed by atoms with Crippen LogP contribution in [0.1, 0.15) is 5.56 Å². The van der Waals surface area contributed by atoms with Gasteiger partial charge in [0, 0.05) is 6.20 Å². The molecule has 2 nitrogen and oxygen atoms in total.